The van der Waals surface area contributed by atoms with Crippen LogP contribution in [0.3, 0.4) is 0 Å². The van der Waals surface area contributed by atoms with Gasteiger partial charge in [-0.2, -0.15) is 0 Å². The maximum Gasteiger partial charge on any atom is 0.252 e. The molecule has 1 amide bonds. The molecular formula is C13H19FN2O2. The first-order chi connectivity index (χ1) is 8.69. The molecule has 0 radical (unpaired) electrons. The Morgan fingerprint density at radius 2 is 2.06 bits per heavy atom. The maximum atomic E-state index is 12.9. The summed E-state index contributed by atoms with van der Waals surface area (Å²) in [6, 6.07) is 5.82. The number of amides is 1. The average molecular weight is 254 g/mol. The number of anilines is 1. The molecule has 0 aromatic heterocycles. The molecule has 1 rings (SSSR count). The SMILES string of the molecule is CCOCC(=O)N(CCCN)c1ccc(F)cc1. The predicted octanol–water partition coefficient (Wildman–Crippen LogP) is 1.54. The van der Waals surface area contributed by atoms with Crippen molar-refractivity contribution in [2.24, 2.45) is 5.73 Å². The van der Waals surface area contributed by atoms with Crippen molar-refractivity contribution >= 4 is 11.6 Å². The van der Waals surface area contributed by atoms with E-state index >= 15 is 0 Å². The summed E-state index contributed by atoms with van der Waals surface area (Å²) in [6.07, 6.45) is 0.690. The summed E-state index contributed by atoms with van der Waals surface area (Å²) in [5, 5.41) is 0. The Morgan fingerprint density at radius 1 is 1.39 bits per heavy atom. The van der Waals surface area contributed by atoms with E-state index in [0.717, 1.165) is 0 Å². The molecule has 1 aromatic carbocycles. The molecule has 0 aliphatic heterocycles. The van der Waals surface area contributed by atoms with Crippen LogP contribution >= 0.6 is 0 Å². The molecule has 0 atom stereocenters. The number of nitrogens with two attached hydrogens (primary N) is 1. The lowest BCUT2D eigenvalue weighted by Gasteiger charge is -2.22. The molecule has 0 unspecified atom stereocenters. The smallest absolute Gasteiger partial charge is 0.252 e. The summed E-state index contributed by atoms with van der Waals surface area (Å²) in [7, 11) is 0. The first kappa shape index (κ1) is 14.6. The van der Waals surface area contributed by atoms with Crippen molar-refractivity contribution < 1.29 is 13.9 Å². The zero-order valence-corrected chi connectivity index (χ0v) is 10.6. The number of nitrogens with zero attached hydrogens (tertiary/aromatic N) is 1. The standard InChI is InChI=1S/C13H19FN2O2/c1-2-18-10-13(17)16(9-3-8-15)12-6-4-11(14)5-7-12/h4-7H,2-3,8-10,15H2,1H3. The molecule has 4 nitrogen and oxygen atoms in total. The summed E-state index contributed by atoms with van der Waals surface area (Å²) in [6.45, 7) is 3.35. The van der Waals surface area contributed by atoms with Crippen LogP contribution in [0.1, 0.15) is 13.3 Å². The number of ether oxygens (including phenoxy) is 1. The van der Waals surface area contributed by atoms with E-state index < -0.39 is 0 Å². The number of benzene rings is 1. The van der Waals surface area contributed by atoms with Gasteiger partial charge in [0.2, 0.25) is 0 Å². The summed E-state index contributed by atoms with van der Waals surface area (Å²) < 4.78 is 18.0. The van der Waals surface area contributed by atoms with Crippen molar-refractivity contribution in [3.05, 3.63) is 30.1 Å². The fourth-order valence-electron chi connectivity index (χ4n) is 1.54. The minimum atomic E-state index is -0.324. The van der Waals surface area contributed by atoms with E-state index in [9.17, 15) is 9.18 Å². The molecule has 0 saturated heterocycles. The van der Waals surface area contributed by atoms with Crippen LogP contribution in [0.25, 0.3) is 0 Å². The number of hydrogen-bond donors (Lipinski definition) is 1. The lowest BCUT2D eigenvalue weighted by atomic mass is 10.2. The Hall–Kier alpha value is -1.46. The highest BCUT2D eigenvalue weighted by Gasteiger charge is 2.15. The number of halogens is 1. The van der Waals surface area contributed by atoms with E-state index in [2.05, 4.69) is 0 Å². The van der Waals surface area contributed by atoms with Crippen LogP contribution in [-0.4, -0.2) is 32.2 Å². The van der Waals surface area contributed by atoms with E-state index in [4.69, 9.17) is 10.5 Å². The van der Waals surface area contributed by atoms with Gasteiger partial charge in [-0.25, -0.2) is 4.39 Å². The lowest BCUT2D eigenvalue weighted by molar-refractivity contribution is -0.122. The third-order valence-corrected chi connectivity index (χ3v) is 2.45. The Morgan fingerprint density at radius 3 is 2.61 bits per heavy atom. The zero-order chi connectivity index (χ0) is 13.4. The van der Waals surface area contributed by atoms with Gasteiger partial charge in [-0.3, -0.25) is 4.79 Å². The highest BCUT2D eigenvalue weighted by atomic mass is 19.1. The fraction of sp³-hybridized carbons (Fsp3) is 0.462. The zero-order valence-electron chi connectivity index (χ0n) is 10.6. The van der Waals surface area contributed by atoms with Gasteiger partial charge < -0.3 is 15.4 Å². The van der Waals surface area contributed by atoms with Gasteiger partial charge in [-0.05, 0) is 44.2 Å². The molecule has 0 fully saturated rings. The summed E-state index contributed by atoms with van der Waals surface area (Å²) in [4.78, 5) is 13.5. The number of hydrogen-bond acceptors (Lipinski definition) is 3. The van der Waals surface area contributed by atoms with Gasteiger partial charge in [0.25, 0.3) is 5.91 Å². The first-order valence-electron chi connectivity index (χ1n) is 6.02. The molecule has 5 heteroatoms. The summed E-state index contributed by atoms with van der Waals surface area (Å²) >= 11 is 0. The second-order valence-corrected chi connectivity index (χ2v) is 3.80. The minimum Gasteiger partial charge on any atom is -0.372 e. The van der Waals surface area contributed by atoms with Crippen molar-refractivity contribution in [1.82, 2.24) is 0 Å². The molecule has 0 heterocycles. The fourth-order valence-corrected chi connectivity index (χ4v) is 1.54. The summed E-state index contributed by atoms with van der Waals surface area (Å²) in [5.74, 6) is -0.466. The Labute approximate surface area is 107 Å². The average Bonchev–Trinajstić information content (AvgIpc) is 2.38. The molecule has 0 bridgehead atoms. The van der Waals surface area contributed by atoms with Crippen LogP contribution in [0.2, 0.25) is 0 Å². The molecule has 18 heavy (non-hydrogen) atoms. The molecule has 0 aliphatic carbocycles. The largest absolute Gasteiger partial charge is 0.372 e. The van der Waals surface area contributed by atoms with Crippen molar-refractivity contribution in [3.8, 4) is 0 Å². The van der Waals surface area contributed by atoms with Gasteiger partial charge in [0.1, 0.15) is 12.4 Å². The molecular weight excluding hydrogens is 235 g/mol. The van der Waals surface area contributed by atoms with Crippen LogP contribution in [0.5, 0.6) is 0 Å². The van der Waals surface area contributed by atoms with Crippen LogP contribution in [0.15, 0.2) is 24.3 Å². The van der Waals surface area contributed by atoms with E-state index in [-0.39, 0.29) is 18.3 Å². The number of carbonyl (C=O) groups excluding carboxylic acids is 1. The molecule has 0 aliphatic rings. The second-order valence-electron chi connectivity index (χ2n) is 3.80. The maximum absolute atomic E-state index is 12.9. The normalized spacial score (nSPS) is 10.4. The first-order valence-corrected chi connectivity index (χ1v) is 6.02. The summed E-state index contributed by atoms with van der Waals surface area (Å²) in [5.41, 5.74) is 6.11. The quantitative estimate of drug-likeness (QED) is 0.803. The molecule has 2 N–H and O–H groups in total. The molecule has 100 valence electrons. The van der Waals surface area contributed by atoms with Gasteiger partial charge in [-0.1, -0.05) is 0 Å². The van der Waals surface area contributed by atoms with Gasteiger partial charge >= 0.3 is 0 Å². The highest BCUT2D eigenvalue weighted by molar-refractivity contribution is 5.94. The van der Waals surface area contributed by atoms with Crippen LogP contribution < -0.4 is 10.6 Å². The Kier molecular flexibility index (Phi) is 6.32. The lowest BCUT2D eigenvalue weighted by Crippen LogP contribution is -2.35. The molecule has 0 spiro atoms. The predicted molar refractivity (Wildman–Crippen MR) is 68.9 cm³/mol. The van der Waals surface area contributed by atoms with Gasteiger partial charge in [-0.15, -0.1) is 0 Å². The van der Waals surface area contributed by atoms with Gasteiger partial charge in [0.15, 0.2) is 0 Å². The minimum absolute atomic E-state index is 0.0262. The van der Waals surface area contributed by atoms with Crippen LogP contribution in [0, 0.1) is 5.82 Å². The third kappa shape index (κ3) is 4.43. The second kappa shape index (κ2) is 7.79. The number of rotatable bonds is 7. The van der Waals surface area contributed by atoms with Gasteiger partial charge in [0.05, 0.1) is 0 Å². The van der Waals surface area contributed by atoms with Crippen molar-refractivity contribution in [3.63, 3.8) is 0 Å². The van der Waals surface area contributed by atoms with E-state index in [0.29, 0.717) is 31.8 Å². The third-order valence-electron chi connectivity index (χ3n) is 2.45. The van der Waals surface area contributed by atoms with Crippen LogP contribution in [-0.2, 0) is 9.53 Å². The van der Waals surface area contributed by atoms with Crippen molar-refractivity contribution in [2.75, 3.05) is 31.2 Å². The Balaban J connectivity index is 2.76. The van der Waals surface area contributed by atoms with E-state index in [1.54, 1.807) is 17.0 Å². The van der Waals surface area contributed by atoms with E-state index in [1.165, 1.54) is 12.1 Å². The van der Waals surface area contributed by atoms with Gasteiger partial charge in [0, 0.05) is 18.8 Å². The molecule has 1 aromatic rings. The van der Waals surface area contributed by atoms with Crippen molar-refractivity contribution in [2.45, 2.75) is 13.3 Å². The molecule has 0 saturated carbocycles. The number of carbonyl (C=O) groups is 1. The highest BCUT2D eigenvalue weighted by Crippen LogP contribution is 2.15. The van der Waals surface area contributed by atoms with E-state index in [1.807, 2.05) is 6.92 Å². The monoisotopic (exact) mass is 254 g/mol. The Bertz CT molecular complexity index is 368. The van der Waals surface area contributed by atoms with Crippen molar-refractivity contribution in [1.29, 1.82) is 0 Å². The topological polar surface area (TPSA) is 55.6 Å². The van der Waals surface area contributed by atoms with Crippen LogP contribution in [0.4, 0.5) is 10.1 Å².